The maximum absolute atomic E-state index is 5.62. The highest BCUT2D eigenvalue weighted by molar-refractivity contribution is 5.57. The molecule has 1 fully saturated rings. The zero-order valence-corrected chi connectivity index (χ0v) is 10.8. The van der Waals surface area contributed by atoms with Gasteiger partial charge in [0.25, 0.3) is 0 Å². The molecule has 1 unspecified atom stereocenters. The number of nitrogens with zero attached hydrogens (tertiary/aromatic N) is 3. The van der Waals surface area contributed by atoms with Crippen LogP contribution in [0.2, 0.25) is 0 Å². The molecule has 0 bridgehead atoms. The average molecular weight is 260 g/mol. The highest BCUT2D eigenvalue weighted by Crippen LogP contribution is 2.19. The fourth-order valence-electron chi connectivity index (χ4n) is 2.09. The number of pyridine rings is 1. The molecular weight excluding hydrogens is 244 g/mol. The van der Waals surface area contributed by atoms with Crippen molar-refractivity contribution in [3.8, 4) is 11.4 Å². The van der Waals surface area contributed by atoms with E-state index in [1.165, 1.54) is 0 Å². The molecule has 1 aliphatic heterocycles. The third-order valence-electron chi connectivity index (χ3n) is 3.15. The molecule has 0 saturated carbocycles. The van der Waals surface area contributed by atoms with Gasteiger partial charge in [-0.15, -0.1) is 0 Å². The van der Waals surface area contributed by atoms with Crippen molar-refractivity contribution in [1.29, 1.82) is 0 Å². The lowest BCUT2D eigenvalue weighted by Crippen LogP contribution is -2.39. The standard InChI is InChI=1S/C13H16N4O2/c1-9-2-3-14-8-11(9)13-16-12(19-17-13)6-10-7-15-4-5-18-10/h2-3,8,10,15H,4-7H2,1H3. The van der Waals surface area contributed by atoms with Crippen molar-refractivity contribution in [3.63, 3.8) is 0 Å². The van der Waals surface area contributed by atoms with Gasteiger partial charge in [0.15, 0.2) is 0 Å². The molecule has 0 aromatic carbocycles. The van der Waals surface area contributed by atoms with Crippen molar-refractivity contribution in [2.45, 2.75) is 19.4 Å². The van der Waals surface area contributed by atoms with Crippen LogP contribution in [-0.2, 0) is 11.2 Å². The fraction of sp³-hybridized carbons (Fsp3) is 0.462. The first-order chi connectivity index (χ1) is 9.33. The summed E-state index contributed by atoms with van der Waals surface area (Å²) in [5.74, 6) is 1.19. The van der Waals surface area contributed by atoms with Gasteiger partial charge in [-0.25, -0.2) is 0 Å². The second kappa shape index (κ2) is 5.46. The van der Waals surface area contributed by atoms with E-state index in [2.05, 4.69) is 20.4 Å². The number of morpholine rings is 1. The van der Waals surface area contributed by atoms with Crippen molar-refractivity contribution in [3.05, 3.63) is 29.9 Å². The van der Waals surface area contributed by atoms with Gasteiger partial charge in [0.1, 0.15) is 0 Å². The quantitative estimate of drug-likeness (QED) is 0.886. The highest BCUT2D eigenvalue weighted by Gasteiger charge is 2.18. The lowest BCUT2D eigenvalue weighted by molar-refractivity contribution is 0.0246. The molecule has 19 heavy (non-hydrogen) atoms. The molecule has 2 aromatic rings. The van der Waals surface area contributed by atoms with Crippen molar-refractivity contribution < 1.29 is 9.26 Å². The van der Waals surface area contributed by atoms with Crippen LogP contribution >= 0.6 is 0 Å². The topological polar surface area (TPSA) is 73.1 Å². The molecule has 2 aromatic heterocycles. The SMILES string of the molecule is Cc1ccncc1-c1noc(CC2CNCCO2)n1. The number of ether oxygens (including phenoxy) is 1. The van der Waals surface area contributed by atoms with Crippen LogP contribution in [0, 0.1) is 6.92 Å². The third kappa shape index (κ3) is 2.80. The minimum absolute atomic E-state index is 0.108. The van der Waals surface area contributed by atoms with E-state index in [-0.39, 0.29) is 6.10 Å². The summed E-state index contributed by atoms with van der Waals surface area (Å²) in [6.07, 6.45) is 4.25. The number of aryl methyl sites for hydroxylation is 1. The van der Waals surface area contributed by atoms with Crippen LogP contribution in [0.25, 0.3) is 11.4 Å². The largest absolute Gasteiger partial charge is 0.375 e. The summed E-state index contributed by atoms with van der Waals surface area (Å²) in [4.78, 5) is 8.50. The molecule has 1 saturated heterocycles. The van der Waals surface area contributed by atoms with Crippen LogP contribution in [0.15, 0.2) is 23.0 Å². The smallest absolute Gasteiger partial charge is 0.229 e. The molecule has 0 spiro atoms. The molecule has 1 N–H and O–H groups in total. The Morgan fingerprint density at radius 3 is 3.21 bits per heavy atom. The summed E-state index contributed by atoms with van der Waals surface area (Å²) in [6.45, 7) is 4.46. The van der Waals surface area contributed by atoms with Crippen LogP contribution in [0.1, 0.15) is 11.5 Å². The molecule has 3 heterocycles. The number of hydrogen-bond donors (Lipinski definition) is 1. The summed E-state index contributed by atoms with van der Waals surface area (Å²) in [7, 11) is 0. The van der Waals surface area contributed by atoms with E-state index in [0.29, 0.717) is 18.1 Å². The van der Waals surface area contributed by atoms with Crippen LogP contribution in [0.4, 0.5) is 0 Å². The van der Waals surface area contributed by atoms with Crippen LogP contribution in [-0.4, -0.2) is 40.9 Å². The van der Waals surface area contributed by atoms with E-state index in [0.717, 1.165) is 30.8 Å². The first-order valence-corrected chi connectivity index (χ1v) is 6.39. The average Bonchev–Trinajstić information content (AvgIpc) is 2.89. The predicted octanol–water partition coefficient (Wildman–Crippen LogP) is 0.971. The fourth-order valence-corrected chi connectivity index (χ4v) is 2.09. The summed E-state index contributed by atoms with van der Waals surface area (Å²) < 4.78 is 10.9. The van der Waals surface area contributed by atoms with Gasteiger partial charge in [0.05, 0.1) is 19.1 Å². The summed E-state index contributed by atoms with van der Waals surface area (Å²) in [5.41, 5.74) is 1.98. The van der Waals surface area contributed by atoms with Gasteiger partial charge in [-0.05, 0) is 18.6 Å². The van der Waals surface area contributed by atoms with Gasteiger partial charge in [0.2, 0.25) is 11.7 Å². The van der Waals surface area contributed by atoms with E-state index in [4.69, 9.17) is 9.26 Å². The van der Waals surface area contributed by atoms with Crippen LogP contribution in [0.3, 0.4) is 0 Å². The molecule has 6 nitrogen and oxygen atoms in total. The number of nitrogens with one attached hydrogen (secondary N) is 1. The molecule has 1 aliphatic rings. The van der Waals surface area contributed by atoms with Gasteiger partial charge in [0, 0.05) is 31.0 Å². The Labute approximate surface area is 111 Å². The van der Waals surface area contributed by atoms with Gasteiger partial charge in [-0.3, -0.25) is 4.98 Å². The minimum Gasteiger partial charge on any atom is -0.375 e. The maximum Gasteiger partial charge on any atom is 0.229 e. The highest BCUT2D eigenvalue weighted by atomic mass is 16.5. The van der Waals surface area contributed by atoms with E-state index in [9.17, 15) is 0 Å². The van der Waals surface area contributed by atoms with Crippen molar-refractivity contribution in [2.75, 3.05) is 19.7 Å². The van der Waals surface area contributed by atoms with E-state index < -0.39 is 0 Å². The third-order valence-corrected chi connectivity index (χ3v) is 3.15. The Kier molecular flexibility index (Phi) is 3.52. The number of aromatic nitrogens is 3. The van der Waals surface area contributed by atoms with E-state index in [1.54, 1.807) is 12.4 Å². The van der Waals surface area contributed by atoms with Crippen molar-refractivity contribution >= 4 is 0 Å². The zero-order valence-electron chi connectivity index (χ0n) is 10.8. The lowest BCUT2D eigenvalue weighted by Gasteiger charge is -2.21. The molecule has 1 atom stereocenters. The van der Waals surface area contributed by atoms with Crippen molar-refractivity contribution in [1.82, 2.24) is 20.4 Å². The minimum atomic E-state index is 0.108. The Balaban J connectivity index is 1.74. The maximum atomic E-state index is 5.62. The Hall–Kier alpha value is -1.79. The first kappa shape index (κ1) is 12.3. The molecule has 0 radical (unpaired) electrons. The monoisotopic (exact) mass is 260 g/mol. The zero-order chi connectivity index (χ0) is 13.1. The first-order valence-electron chi connectivity index (χ1n) is 6.39. The normalized spacial score (nSPS) is 19.5. The lowest BCUT2D eigenvalue weighted by atomic mass is 10.1. The second-order valence-corrected chi connectivity index (χ2v) is 4.60. The Morgan fingerprint density at radius 2 is 2.42 bits per heavy atom. The molecular formula is C13H16N4O2. The number of rotatable bonds is 3. The molecule has 6 heteroatoms. The molecule has 100 valence electrons. The van der Waals surface area contributed by atoms with E-state index in [1.807, 2.05) is 13.0 Å². The van der Waals surface area contributed by atoms with Crippen molar-refractivity contribution in [2.24, 2.45) is 0 Å². The molecule has 0 aliphatic carbocycles. The van der Waals surface area contributed by atoms with E-state index >= 15 is 0 Å². The summed E-state index contributed by atoms with van der Waals surface area (Å²) in [6, 6.07) is 1.93. The second-order valence-electron chi connectivity index (χ2n) is 4.60. The molecule has 3 rings (SSSR count). The van der Waals surface area contributed by atoms with Crippen LogP contribution in [0.5, 0.6) is 0 Å². The van der Waals surface area contributed by atoms with Gasteiger partial charge >= 0.3 is 0 Å². The summed E-state index contributed by atoms with van der Waals surface area (Å²) >= 11 is 0. The Morgan fingerprint density at radius 1 is 1.47 bits per heavy atom. The number of hydrogen-bond acceptors (Lipinski definition) is 6. The van der Waals surface area contributed by atoms with Crippen LogP contribution < -0.4 is 5.32 Å². The predicted molar refractivity (Wildman–Crippen MR) is 68.6 cm³/mol. The summed E-state index contributed by atoms with van der Waals surface area (Å²) in [5, 5.41) is 7.29. The Bertz CT molecular complexity index is 549. The van der Waals surface area contributed by atoms with Gasteiger partial charge in [-0.1, -0.05) is 5.16 Å². The van der Waals surface area contributed by atoms with Gasteiger partial charge in [-0.2, -0.15) is 4.98 Å². The van der Waals surface area contributed by atoms with Gasteiger partial charge < -0.3 is 14.6 Å². The molecule has 0 amide bonds.